The van der Waals surface area contributed by atoms with Crippen molar-refractivity contribution in [1.29, 1.82) is 0 Å². The average Bonchev–Trinajstić information content (AvgIpc) is 2.88. The topological polar surface area (TPSA) is 66.4 Å². The number of methoxy groups -OCH3 is 1. The Balaban J connectivity index is 1.55. The van der Waals surface area contributed by atoms with Crippen LogP contribution < -0.4 is 0 Å². The minimum absolute atomic E-state index is 0.257. The van der Waals surface area contributed by atoms with Crippen molar-refractivity contribution in [3.05, 3.63) is 108 Å². The summed E-state index contributed by atoms with van der Waals surface area (Å²) in [5, 5.41) is 10.9. The van der Waals surface area contributed by atoms with Crippen LogP contribution in [-0.4, -0.2) is 49.5 Å². The highest BCUT2D eigenvalue weighted by atomic mass is 16.7. The number of benzene rings is 3. The third-order valence-electron chi connectivity index (χ3n) is 5.80. The fraction of sp³-hybridized carbons (Fsp3) is 0.357. The molecule has 0 aliphatic carbocycles. The molecule has 180 valence electrons. The first-order valence-corrected chi connectivity index (χ1v) is 11.5. The van der Waals surface area contributed by atoms with E-state index in [9.17, 15) is 5.11 Å². The van der Waals surface area contributed by atoms with Gasteiger partial charge in [-0.15, -0.1) is 0 Å². The largest absolute Gasteiger partial charge is 0.382 e. The Kier molecular flexibility index (Phi) is 9.21. The summed E-state index contributed by atoms with van der Waals surface area (Å²) in [7, 11) is 1.60. The molecule has 4 rings (SSSR count). The molecule has 1 N–H and O–H groups in total. The molecule has 0 bridgehead atoms. The van der Waals surface area contributed by atoms with E-state index in [-0.39, 0.29) is 6.61 Å². The molecule has 3 aromatic carbocycles. The highest BCUT2D eigenvalue weighted by Gasteiger charge is 2.47. The van der Waals surface area contributed by atoms with Gasteiger partial charge in [-0.2, -0.15) is 0 Å². The Morgan fingerprint density at radius 1 is 0.618 bits per heavy atom. The number of aliphatic hydroxyl groups excluding tert-OH is 1. The Morgan fingerprint density at radius 2 is 1.03 bits per heavy atom. The third-order valence-corrected chi connectivity index (χ3v) is 5.80. The van der Waals surface area contributed by atoms with Crippen molar-refractivity contribution in [2.24, 2.45) is 0 Å². The molecular weight excluding hydrogens is 432 g/mol. The van der Waals surface area contributed by atoms with Crippen LogP contribution in [0.1, 0.15) is 16.7 Å². The van der Waals surface area contributed by atoms with Gasteiger partial charge in [0.1, 0.15) is 24.4 Å². The molecule has 1 aliphatic heterocycles. The van der Waals surface area contributed by atoms with E-state index in [1.54, 1.807) is 7.11 Å². The third kappa shape index (κ3) is 6.73. The van der Waals surface area contributed by atoms with Crippen molar-refractivity contribution >= 4 is 0 Å². The second-order valence-electron chi connectivity index (χ2n) is 8.30. The summed E-state index contributed by atoms with van der Waals surface area (Å²) in [6.45, 7) is 1.31. The lowest BCUT2D eigenvalue weighted by Gasteiger charge is -2.44. The molecule has 1 saturated heterocycles. The molecule has 0 radical (unpaired) electrons. The SMILES string of the molecule is COC[C@H]1O[C@H](O)[C@H](OCc2ccccc2)[C@@H](OCc2ccccc2)[C@H]1OCc1ccccc1. The minimum Gasteiger partial charge on any atom is -0.382 e. The molecule has 6 heteroatoms. The van der Waals surface area contributed by atoms with Gasteiger partial charge in [0.25, 0.3) is 0 Å². The predicted molar refractivity (Wildman–Crippen MR) is 128 cm³/mol. The van der Waals surface area contributed by atoms with Crippen LogP contribution in [0.3, 0.4) is 0 Å². The van der Waals surface area contributed by atoms with Crippen LogP contribution in [0.25, 0.3) is 0 Å². The van der Waals surface area contributed by atoms with E-state index in [0.717, 1.165) is 16.7 Å². The lowest BCUT2D eigenvalue weighted by atomic mass is 9.98. The Morgan fingerprint density at radius 3 is 1.47 bits per heavy atom. The lowest BCUT2D eigenvalue weighted by Crippen LogP contribution is -2.61. The average molecular weight is 465 g/mol. The smallest absolute Gasteiger partial charge is 0.184 e. The first-order valence-electron chi connectivity index (χ1n) is 11.5. The predicted octanol–water partition coefficient (Wildman–Crippen LogP) is 4.11. The van der Waals surface area contributed by atoms with E-state index >= 15 is 0 Å². The molecule has 1 heterocycles. The zero-order chi connectivity index (χ0) is 23.6. The van der Waals surface area contributed by atoms with E-state index in [4.69, 9.17) is 23.7 Å². The number of hydrogen-bond acceptors (Lipinski definition) is 6. The van der Waals surface area contributed by atoms with Gasteiger partial charge in [0, 0.05) is 7.11 Å². The first-order chi connectivity index (χ1) is 16.7. The molecule has 5 atom stereocenters. The molecule has 0 unspecified atom stereocenters. The lowest BCUT2D eigenvalue weighted by molar-refractivity contribution is -0.316. The molecule has 0 amide bonds. The molecule has 1 aliphatic rings. The van der Waals surface area contributed by atoms with Crippen molar-refractivity contribution in [2.45, 2.75) is 50.5 Å². The van der Waals surface area contributed by atoms with Crippen molar-refractivity contribution in [1.82, 2.24) is 0 Å². The van der Waals surface area contributed by atoms with E-state index < -0.39 is 30.7 Å². The summed E-state index contributed by atoms with van der Waals surface area (Å²) >= 11 is 0. The van der Waals surface area contributed by atoms with Crippen LogP contribution >= 0.6 is 0 Å². The van der Waals surface area contributed by atoms with Crippen LogP contribution in [-0.2, 0) is 43.5 Å². The summed E-state index contributed by atoms with van der Waals surface area (Å²) in [6, 6.07) is 29.7. The number of rotatable bonds is 11. The number of hydrogen-bond donors (Lipinski definition) is 1. The van der Waals surface area contributed by atoms with E-state index in [1.165, 1.54) is 0 Å². The maximum Gasteiger partial charge on any atom is 0.184 e. The van der Waals surface area contributed by atoms with Gasteiger partial charge in [-0.05, 0) is 16.7 Å². The van der Waals surface area contributed by atoms with Gasteiger partial charge in [-0.25, -0.2) is 0 Å². The maximum atomic E-state index is 10.9. The van der Waals surface area contributed by atoms with Crippen molar-refractivity contribution in [3.8, 4) is 0 Å². The van der Waals surface area contributed by atoms with Gasteiger partial charge in [0.05, 0.1) is 26.4 Å². The highest BCUT2D eigenvalue weighted by molar-refractivity contribution is 5.15. The van der Waals surface area contributed by atoms with Crippen molar-refractivity contribution in [2.75, 3.05) is 13.7 Å². The molecule has 6 nitrogen and oxygen atoms in total. The summed E-state index contributed by atoms with van der Waals surface area (Å²) in [4.78, 5) is 0. The maximum absolute atomic E-state index is 10.9. The second-order valence-corrected chi connectivity index (χ2v) is 8.30. The normalized spacial score (nSPS) is 24.7. The molecule has 0 aromatic heterocycles. The zero-order valence-electron chi connectivity index (χ0n) is 19.4. The molecule has 34 heavy (non-hydrogen) atoms. The van der Waals surface area contributed by atoms with Gasteiger partial charge in [0.15, 0.2) is 6.29 Å². The molecule has 0 saturated carbocycles. The van der Waals surface area contributed by atoms with Crippen molar-refractivity contribution in [3.63, 3.8) is 0 Å². The molecular formula is C28H32O6. The van der Waals surface area contributed by atoms with E-state index in [1.807, 2.05) is 91.0 Å². The fourth-order valence-corrected chi connectivity index (χ4v) is 4.06. The zero-order valence-corrected chi connectivity index (χ0v) is 19.4. The fourth-order valence-electron chi connectivity index (χ4n) is 4.06. The standard InChI is InChI=1S/C28H32O6/c1-30-20-24-25(31-17-21-11-5-2-6-12-21)26(32-18-22-13-7-3-8-14-22)27(28(29)34-24)33-19-23-15-9-4-10-16-23/h2-16,24-29H,17-20H2,1H3/t24-,25+,26+,27-,28+/m1/s1. The summed E-state index contributed by atoms with van der Waals surface area (Å²) in [6.07, 6.45) is -3.51. The van der Waals surface area contributed by atoms with E-state index in [2.05, 4.69) is 0 Å². The summed E-state index contributed by atoms with van der Waals surface area (Å²) < 4.78 is 30.2. The quantitative estimate of drug-likeness (QED) is 0.461. The first kappa shape index (κ1) is 24.5. The molecule has 1 fully saturated rings. The minimum atomic E-state index is -1.18. The van der Waals surface area contributed by atoms with Gasteiger partial charge >= 0.3 is 0 Å². The van der Waals surface area contributed by atoms with Gasteiger partial charge in [-0.3, -0.25) is 0 Å². The second kappa shape index (κ2) is 12.8. The van der Waals surface area contributed by atoms with Gasteiger partial charge < -0.3 is 28.8 Å². The summed E-state index contributed by atoms with van der Waals surface area (Å²) in [5.74, 6) is 0. The summed E-state index contributed by atoms with van der Waals surface area (Å²) in [5.41, 5.74) is 3.06. The Bertz CT molecular complexity index is 952. The van der Waals surface area contributed by atoms with Crippen LogP contribution in [0.2, 0.25) is 0 Å². The van der Waals surface area contributed by atoms with Crippen LogP contribution in [0.5, 0.6) is 0 Å². The highest BCUT2D eigenvalue weighted by Crippen LogP contribution is 2.29. The number of aliphatic hydroxyl groups is 1. The van der Waals surface area contributed by atoms with Crippen LogP contribution in [0.15, 0.2) is 91.0 Å². The number of ether oxygens (including phenoxy) is 5. The van der Waals surface area contributed by atoms with Crippen LogP contribution in [0, 0.1) is 0 Å². The van der Waals surface area contributed by atoms with Crippen molar-refractivity contribution < 1.29 is 28.8 Å². The Hall–Kier alpha value is -2.58. The molecule has 0 spiro atoms. The molecule has 3 aromatic rings. The van der Waals surface area contributed by atoms with E-state index in [0.29, 0.717) is 19.8 Å². The van der Waals surface area contributed by atoms with Gasteiger partial charge in [-0.1, -0.05) is 91.0 Å². The Labute approximate surface area is 201 Å². The van der Waals surface area contributed by atoms with Crippen LogP contribution in [0.4, 0.5) is 0 Å². The monoisotopic (exact) mass is 464 g/mol. The van der Waals surface area contributed by atoms with Gasteiger partial charge in [0.2, 0.25) is 0 Å².